The quantitative estimate of drug-likeness (QED) is 0.112. The maximum Gasteiger partial charge on any atom is 0.287 e. The Kier molecular flexibility index (Phi) is 12.7. The van der Waals surface area contributed by atoms with Crippen molar-refractivity contribution in [2.24, 2.45) is 0 Å². The van der Waals surface area contributed by atoms with E-state index in [1.54, 1.807) is 6.07 Å². The van der Waals surface area contributed by atoms with Crippen LogP contribution in [0.25, 0.3) is 22.1 Å². The maximum absolute atomic E-state index is 13.0. The molecule has 314 valence electrons. The molecule has 2 saturated heterocycles. The Morgan fingerprint density at radius 1 is 0.590 bits per heavy atom. The standard InChI is InChI=1S/C27H29N5O2.C20H23N5O2/c1-20-26-23(28-17-22-12-6-7-13-24(22)31-14-8-3-9-15-31)16-25(33)32(27(26)30-19-29-20)34-18-21-10-4-2-5-11-21;1-14-19-16(11-18(26)25(27)20(19)23-13-22-14)21-12-15-7-3-4-8-17(15)24-9-5-2-6-10-24/h2,4-7,10-13,16,19,28H,3,8-9,14-15,17-18H2,1H3;3-4,7-8,11,13,21,27H,2,5-6,9-10,12H2,1H3. The van der Waals surface area contributed by atoms with Crippen molar-refractivity contribution in [2.45, 2.75) is 72.1 Å². The molecule has 2 aliphatic rings. The zero-order chi connectivity index (χ0) is 42.1. The fourth-order valence-corrected chi connectivity index (χ4v) is 8.29. The lowest BCUT2D eigenvalue weighted by Crippen LogP contribution is -2.30. The molecule has 0 spiro atoms. The molecule has 0 atom stereocenters. The first-order chi connectivity index (χ1) is 29.9. The third-order valence-corrected chi connectivity index (χ3v) is 11.4. The van der Waals surface area contributed by atoms with Gasteiger partial charge in [0, 0.05) is 62.8 Å². The number of aromatic nitrogens is 6. The zero-order valence-electron chi connectivity index (χ0n) is 34.8. The average molecular weight is 821 g/mol. The van der Waals surface area contributed by atoms with Crippen LogP contribution in [0.4, 0.5) is 22.7 Å². The molecular weight excluding hydrogens is 769 g/mol. The molecule has 3 aromatic carbocycles. The number of benzene rings is 3. The van der Waals surface area contributed by atoms with Crippen molar-refractivity contribution in [1.82, 2.24) is 29.4 Å². The molecule has 0 saturated carbocycles. The number of hydrogen-bond donors (Lipinski definition) is 3. The summed E-state index contributed by atoms with van der Waals surface area (Å²) in [7, 11) is 0. The van der Waals surface area contributed by atoms with E-state index >= 15 is 0 Å². The predicted octanol–water partition coefficient (Wildman–Crippen LogP) is 7.27. The van der Waals surface area contributed by atoms with E-state index in [-0.39, 0.29) is 17.8 Å². The van der Waals surface area contributed by atoms with Gasteiger partial charge in [-0.3, -0.25) is 9.59 Å². The van der Waals surface area contributed by atoms with Gasteiger partial charge in [0.25, 0.3) is 11.1 Å². The van der Waals surface area contributed by atoms with Crippen LogP contribution in [0.2, 0.25) is 0 Å². The van der Waals surface area contributed by atoms with E-state index in [1.165, 1.54) is 84.5 Å². The van der Waals surface area contributed by atoms with E-state index in [0.29, 0.717) is 45.9 Å². The molecule has 9 rings (SSSR count). The summed E-state index contributed by atoms with van der Waals surface area (Å²) in [5.41, 5.74) is 8.56. The molecule has 14 nitrogen and oxygen atoms in total. The van der Waals surface area contributed by atoms with E-state index < -0.39 is 5.56 Å². The molecule has 0 radical (unpaired) electrons. The summed E-state index contributed by atoms with van der Waals surface area (Å²) >= 11 is 0. The van der Waals surface area contributed by atoms with Crippen molar-refractivity contribution in [3.63, 3.8) is 0 Å². The van der Waals surface area contributed by atoms with Gasteiger partial charge in [0.2, 0.25) is 0 Å². The van der Waals surface area contributed by atoms with Crippen molar-refractivity contribution in [2.75, 3.05) is 46.6 Å². The molecule has 0 amide bonds. The van der Waals surface area contributed by atoms with Crippen molar-refractivity contribution in [1.29, 1.82) is 0 Å². The minimum Gasteiger partial charge on any atom is -0.423 e. The summed E-state index contributed by atoms with van der Waals surface area (Å²) in [4.78, 5) is 52.9. The fourth-order valence-electron chi connectivity index (χ4n) is 8.29. The molecule has 14 heteroatoms. The second kappa shape index (κ2) is 19.0. The first kappa shape index (κ1) is 40.8. The van der Waals surface area contributed by atoms with Gasteiger partial charge in [-0.1, -0.05) is 66.7 Å². The molecule has 0 aliphatic carbocycles. The van der Waals surface area contributed by atoms with Crippen molar-refractivity contribution in [3.05, 3.63) is 152 Å². The van der Waals surface area contributed by atoms with E-state index in [9.17, 15) is 14.8 Å². The number of para-hydroxylation sites is 2. The fraction of sp³-hybridized carbons (Fsp3) is 0.319. The minimum atomic E-state index is -0.521. The molecule has 0 bridgehead atoms. The Hall–Kier alpha value is -6.96. The van der Waals surface area contributed by atoms with Gasteiger partial charge in [0.05, 0.1) is 33.5 Å². The van der Waals surface area contributed by atoms with Crippen LogP contribution in [-0.2, 0) is 19.7 Å². The van der Waals surface area contributed by atoms with Gasteiger partial charge in [-0.05, 0) is 81.2 Å². The van der Waals surface area contributed by atoms with Crippen LogP contribution < -0.4 is 36.4 Å². The van der Waals surface area contributed by atoms with Gasteiger partial charge in [-0.2, -0.15) is 0 Å². The van der Waals surface area contributed by atoms with Crippen molar-refractivity contribution in [3.8, 4) is 0 Å². The summed E-state index contributed by atoms with van der Waals surface area (Å²) in [6.45, 7) is 9.53. The number of aryl methyl sites for hydroxylation is 2. The van der Waals surface area contributed by atoms with Gasteiger partial charge in [-0.15, -0.1) is 9.46 Å². The highest BCUT2D eigenvalue weighted by atomic mass is 16.7. The topological polar surface area (TPSA) is 156 Å². The Morgan fingerprint density at radius 2 is 1.07 bits per heavy atom. The van der Waals surface area contributed by atoms with Gasteiger partial charge < -0.3 is 30.5 Å². The third-order valence-electron chi connectivity index (χ3n) is 11.4. The molecular formula is C47H52N10O4. The van der Waals surface area contributed by atoms with Crippen LogP contribution in [0.15, 0.2) is 113 Å². The van der Waals surface area contributed by atoms with E-state index in [0.717, 1.165) is 42.8 Å². The van der Waals surface area contributed by atoms with Crippen LogP contribution in [0.5, 0.6) is 0 Å². The van der Waals surface area contributed by atoms with Crippen molar-refractivity contribution < 1.29 is 10.0 Å². The number of nitrogens with one attached hydrogen (secondary N) is 2. The van der Waals surface area contributed by atoms with Gasteiger partial charge >= 0.3 is 0 Å². The molecule has 4 aromatic heterocycles. The molecule has 2 aliphatic heterocycles. The number of nitrogens with zero attached hydrogens (tertiary/aromatic N) is 8. The number of anilines is 4. The summed E-state index contributed by atoms with van der Waals surface area (Å²) in [6.07, 6.45) is 10.3. The highest BCUT2D eigenvalue weighted by molar-refractivity contribution is 5.91. The Balaban J connectivity index is 0.000000173. The predicted molar refractivity (Wildman–Crippen MR) is 241 cm³/mol. The van der Waals surface area contributed by atoms with Crippen LogP contribution in [0, 0.1) is 13.8 Å². The Bertz CT molecular complexity index is 2730. The number of fused-ring (bicyclic) bond motifs is 2. The summed E-state index contributed by atoms with van der Waals surface area (Å²) < 4.78 is 1.83. The minimum absolute atomic E-state index is 0.210. The molecule has 61 heavy (non-hydrogen) atoms. The smallest absolute Gasteiger partial charge is 0.287 e. The third kappa shape index (κ3) is 9.28. The number of pyridine rings is 2. The first-order valence-corrected chi connectivity index (χ1v) is 21.1. The SMILES string of the molecule is Cc1ncnc2c1c(NCc1ccccc1N1CCCCC1)cc(=O)n2O.Cc1ncnc2c1c(NCc1ccccc1N1CCCCC1)cc(=O)n2OCc1ccccc1. The Labute approximate surface area is 354 Å². The van der Waals surface area contributed by atoms with E-state index in [1.807, 2.05) is 50.2 Å². The monoisotopic (exact) mass is 820 g/mol. The summed E-state index contributed by atoms with van der Waals surface area (Å²) in [5, 5.41) is 18.3. The molecule has 3 N–H and O–H groups in total. The normalized spacial score (nSPS) is 14.1. The van der Waals surface area contributed by atoms with Gasteiger partial charge in [0.1, 0.15) is 19.3 Å². The van der Waals surface area contributed by atoms with Gasteiger partial charge in [-0.25, -0.2) is 19.9 Å². The number of hydrogen-bond acceptors (Lipinski definition) is 12. The highest BCUT2D eigenvalue weighted by Crippen LogP contribution is 2.29. The van der Waals surface area contributed by atoms with Gasteiger partial charge in [0.15, 0.2) is 11.3 Å². The Morgan fingerprint density at radius 3 is 1.62 bits per heavy atom. The van der Waals surface area contributed by atoms with Crippen LogP contribution in [0.3, 0.4) is 0 Å². The highest BCUT2D eigenvalue weighted by Gasteiger charge is 2.19. The van der Waals surface area contributed by atoms with Crippen molar-refractivity contribution >= 4 is 44.8 Å². The number of piperidine rings is 2. The van der Waals surface area contributed by atoms with Crippen LogP contribution in [0.1, 0.15) is 66.6 Å². The maximum atomic E-state index is 13.0. The molecule has 0 unspecified atom stereocenters. The van der Waals surface area contributed by atoms with Crippen LogP contribution >= 0.6 is 0 Å². The largest absolute Gasteiger partial charge is 0.423 e. The van der Waals surface area contributed by atoms with E-state index in [4.69, 9.17) is 4.84 Å². The average Bonchev–Trinajstić information content (AvgIpc) is 3.30. The lowest BCUT2D eigenvalue weighted by atomic mass is 10.1. The second-order valence-electron chi connectivity index (χ2n) is 15.5. The summed E-state index contributed by atoms with van der Waals surface area (Å²) in [5.74, 6) is 0. The lowest BCUT2D eigenvalue weighted by molar-refractivity contribution is 0.0979. The summed E-state index contributed by atoms with van der Waals surface area (Å²) in [6, 6.07) is 29.6. The number of rotatable bonds is 11. The molecule has 7 aromatic rings. The lowest BCUT2D eigenvalue weighted by Gasteiger charge is -2.30. The first-order valence-electron chi connectivity index (χ1n) is 21.1. The van der Waals surface area contributed by atoms with E-state index in [2.05, 4.69) is 82.8 Å². The zero-order valence-corrected chi connectivity index (χ0v) is 34.8. The molecule has 6 heterocycles. The van der Waals surface area contributed by atoms with Crippen LogP contribution in [-0.4, -0.2) is 60.8 Å². The molecule has 2 fully saturated rings. The second-order valence-corrected chi connectivity index (χ2v) is 15.5.